The SMILES string of the molecule is C#C[C@@H]1CCCC[C@@H]1O. The van der Waals surface area contributed by atoms with Gasteiger partial charge >= 0.3 is 0 Å². The highest BCUT2D eigenvalue weighted by molar-refractivity contribution is 4.98. The first-order valence-corrected chi connectivity index (χ1v) is 3.49. The van der Waals surface area contributed by atoms with E-state index >= 15 is 0 Å². The Morgan fingerprint density at radius 2 is 2.00 bits per heavy atom. The molecule has 1 heteroatoms. The molecule has 1 fully saturated rings. The van der Waals surface area contributed by atoms with E-state index < -0.39 is 0 Å². The number of aliphatic hydroxyl groups is 1. The van der Waals surface area contributed by atoms with Crippen LogP contribution in [-0.2, 0) is 0 Å². The van der Waals surface area contributed by atoms with Crippen molar-refractivity contribution in [3.05, 3.63) is 0 Å². The molecule has 1 saturated carbocycles. The van der Waals surface area contributed by atoms with Crippen molar-refractivity contribution in [2.45, 2.75) is 31.8 Å². The molecule has 1 aliphatic carbocycles. The van der Waals surface area contributed by atoms with Crippen LogP contribution < -0.4 is 0 Å². The Kier molecular flexibility index (Phi) is 2.13. The van der Waals surface area contributed by atoms with Gasteiger partial charge in [-0.25, -0.2) is 0 Å². The molecule has 0 aromatic heterocycles. The summed E-state index contributed by atoms with van der Waals surface area (Å²) in [6.45, 7) is 0. The number of aliphatic hydroxyl groups excluding tert-OH is 1. The van der Waals surface area contributed by atoms with Crippen LogP contribution in [0.2, 0.25) is 0 Å². The highest BCUT2D eigenvalue weighted by atomic mass is 16.3. The molecule has 0 amide bonds. The zero-order valence-electron chi connectivity index (χ0n) is 5.51. The molecule has 2 atom stereocenters. The Morgan fingerprint density at radius 3 is 2.44 bits per heavy atom. The molecule has 0 aromatic carbocycles. The van der Waals surface area contributed by atoms with Crippen LogP contribution in [0.25, 0.3) is 0 Å². The van der Waals surface area contributed by atoms with E-state index in [4.69, 9.17) is 6.42 Å². The van der Waals surface area contributed by atoms with Crippen molar-refractivity contribution in [1.29, 1.82) is 0 Å². The number of hydrogen-bond donors (Lipinski definition) is 1. The van der Waals surface area contributed by atoms with Gasteiger partial charge in [-0.15, -0.1) is 12.3 Å². The first kappa shape index (κ1) is 6.64. The maximum absolute atomic E-state index is 9.23. The Balaban J connectivity index is 2.41. The molecule has 0 aromatic rings. The molecule has 1 aliphatic rings. The fourth-order valence-corrected chi connectivity index (χ4v) is 1.31. The van der Waals surface area contributed by atoms with E-state index in [0.717, 1.165) is 19.3 Å². The van der Waals surface area contributed by atoms with Gasteiger partial charge in [-0.2, -0.15) is 0 Å². The highest BCUT2D eigenvalue weighted by Gasteiger charge is 2.19. The van der Waals surface area contributed by atoms with Crippen molar-refractivity contribution >= 4 is 0 Å². The zero-order chi connectivity index (χ0) is 6.69. The topological polar surface area (TPSA) is 20.2 Å². The van der Waals surface area contributed by atoms with E-state index in [1.54, 1.807) is 0 Å². The molecule has 1 rings (SSSR count). The third kappa shape index (κ3) is 1.46. The van der Waals surface area contributed by atoms with Crippen LogP contribution >= 0.6 is 0 Å². The van der Waals surface area contributed by atoms with Crippen LogP contribution in [0.5, 0.6) is 0 Å². The largest absolute Gasteiger partial charge is 0.392 e. The number of rotatable bonds is 0. The molecule has 0 bridgehead atoms. The molecule has 0 heterocycles. The predicted molar refractivity (Wildman–Crippen MR) is 36.8 cm³/mol. The van der Waals surface area contributed by atoms with Crippen LogP contribution in [0.1, 0.15) is 25.7 Å². The van der Waals surface area contributed by atoms with E-state index in [1.807, 2.05) is 0 Å². The predicted octanol–water partition coefficient (Wildman–Crippen LogP) is 1.17. The summed E-state index contributed by atoms with van der Waals surface area (Å²) in [5, 5.41) is 9.23. The van der Waals surface area contributed by atoms with Crippen LogP contribution in [0, 0.1) is 18.3 Å². The van der Waals surface area contributed by atoms with Gasteiger partial charge in [-0.3, -0.25) is 0 Å². The molecular formula is C8H12O. The van der Waals surface area contributed by atoms with Crippen molar-refractivity contribution in [1.82, 2.24) is 0 Å². The quantitative estimate of drug-likeness (QED) is 0.481. The van der Waals surface area contributed by atoms with Gasteiger partial charge in [0.05, 0.1) is 6.10 Å². The molecule has 0 unspecified atom stereocenters. The fraction of sp³-hybridized carbons (Fsp3) is 0.750. The van der Waals surface area contributed by atoms with Gasteiger partial charge in [0.25, 0.3) is 0 Å². The lowest BCUT2D eigenvalue weighted by atomic mass is 9.87. The average Bonchev–Trinajstić information content (AvgIpc) is 1.89. The Hall–Kier alpha value is -0.480. The summed E-state index contributed by atoms with van der Waals surface area (Å²) in [4.78, 5) is 0. The smallest absolute Gasteiger partial charge is 0.0677 e. The van der Waals surface area contributed by atoms with Gasteiger partial charge in [-0.1, -0.05) is 12.8 Å². The maximum atomic E-state index is 9.23. The molecular weight excluding hydrogens is 112 g/mol. The van der Waals surface area contributed by atoms with E-state index in [-0.39, 0.29) is 12.0 Å². The summed E-state index contributed by atoms with van der Waals surface area (Å²) in [5.74, 6) is 2.74. The van der Waals surface area contributed by atoms with Gasteiger partial charge in [0, 0.05) is 5.92 Å². The van der Waals surface area contributed by atoms with Crippen molar-refractivity contribution in [3.8, 4) is 12.3 Å². The number of hydrogen-bond acceptors (Lipinski definition) is 1. The minimum atomic E-state index is -0.219. The Labute approximate surface area is 56.1 Å². The summed E-state index contributed by atoms with van der Waals surface area (Å²) >= 11 is 0. The summed E-state index contributed by atoms with van der Waals surface area (Å²) in [6, 6.07) is 0. The summed E-state index contributed by atoms with van der Waals surface area (Å²) < 4.78 is 0. The van der Waals surface area contributed by atoms with Crippen LogP contribution in [0.3, 0.4) is 0 Å². The van der Waals surface area contributed by atoms with Crippen molar-refractivity contribution < 1.29 is 5.11 Å². The zero-order valence-corrected chi connectivity index (χ0v) is 5.51. The fourth-order valence-electron chi connectivity index (χ4n) is 1.31. The second kappa shape index (κ2) is 2.89. The lowest BCUT2D eigenvalue weighted by Gasteiger charge is -2.22. The normalized spacial score (nSPS) is 35.6. The minimum Gasteiger partial charge on any atom is -0.392 e. The lowest BCUT2D eigenvalue weighted by Crippen LogP contribution is -2.22. The molecule has 0 spiro atoms. The monoisotopic (exact) mass is 124 g/mol. The van der Waals surface area contributed by atoms with Crippen LogP contribution in [0.15, 0.2) is 0 Å². The average molecular weight is 124 g/mol. The van der Waals surface area contributed by atoms with Gasteiger partial charge in [0.2, 0.25) is 0 Å². The van der Waals surface area contributed by atoms with Crippen LogP contribution in [-0.4, -0.2) is 11.2 Å². The van der Waals surface area contributed by atoms with Gasteiger partial charge < -0.3 is 5.11 Å². The third-order valence-electron chi connectivity index (χ3n) is 1.94. The number of terminal acetylenes is 1. The summed E-state index contributed by atoms with van der Waals surface area (Å²) in [5.41, 5.74) is 0. The Bertz CT molecular complexity index is 123. The summed E-state index contributed by atoms with van der Waals surface area (Å²) in [7, 11) is 0. The molecule has 1 nitrogen and oxygen atoms in total. The molecule has 50 valence electrons. The van der Waals surface area contributed by atoms with Gasteiger partial charge in [0.1, 0.15) is 0 Å². The molecule has 9 heavy (non-hydrogen) atoms. The van der Waals surface area contributed by atoms with Gasteiger partial charge in [0.15, 0.2) is 0 Å². The van der Waals surface area contributed by atoms with E-state index in [9.17, 15) is 5.11 Å². The minimum absolute atomic E-state index is 0.138. The second-order valence-corrected chi connectivity index (χ2v) is 2.62. The van der Waals surface area contributed by atoms with Crippen molar-refractivity contribution in [3.63, 3.8) is 0 Å². The van der Waals surface area contributed by atoms with E-state index in [2.05, 4.69) is 5.92 Å². The summed E-state index contributed by atoms with van der Waals surface area (Å²) in [6.07, 6.45) is 9.20. The Morgan fingerprint density at radius 1 is 1.33 bits per heavy atom. The highest BCUT2D eigenvalue weighted by Crippen LogP contribution is 2.22. The molecule has 0 aliphatic heterocycles. The van der Waals surface area contributed by atoms with E-state index in [1.165, 1.54) is 6.42 Å². The van der Waals surface area contributed by atoms with E-state index in [0.29, 0.717) is 0 Å². The second-order valence-electron chi connectivity index (χ2n) is 2.62. The first-order valence-electron chi connectivity index (χ1n) is 3.49. The molecule has 1 N–H and O–H groups in total. The maximum Gasteiger partial charge on any atom is 0.0677 e. The van der Waals surface area contributed by atoms with Gasteiger partial charge in [-0.05, 0) is 12.8 Å². The lowest BCUT2D eigenvalue weighted by molar-refractivity contribution is 0.0971. The molecule has 0 saturated heterocycles. The molecule has 0 radical (unpaired) electrons. The first-order chi connectivity index (χ1) is 4.34. The third-order valence-corrected chi connectivity index (χ3v) is 1.94. The van der Waals surface area contributed by atoms with Crippen LogP contribution in [0.4, 0.5) is 0 Å². The van der Waals surface area contributed by atoms with Crippen molar-refractivity contribution in [2.24, 2.45) is 5.92 Å². The standard InChI is InChI=1S/C8H12O/c1-2-7-5-3-4-6-8(7)9/h1,7-9H,3-6H2/t7-,8+/m1/s1. The van der Waals surface area contributed by atoms with Crippen molar-refractivity contribution in [2.75, 3.05) is 0 Å².